The molecular weight excluding hydrogens is 438 g/mol. The minimum absolute atomic E-state index is 0.136. The van der Waals surface area contributed by atoms with E-state index in [2.05, 4.69) is 53.1 Å². The summed E-state index contributed by atoms with van der Waals surface area (Å²) in [6.07, 6.45) is 0. The van der Waals surface area contributed by atoms with Gasteiger partial charge >= 0.3 is 0 Å². The first kappa shape index (κ1) is 14.8. The maximum atomic E-state index is 12.2. The van der Waals surface area contributed by atoms with Crippen LogP contribution in [0.5, 0.6) is 0 Å². The van der Waals surface area contributed by atoms with E-state index in [4.69, 9.17) is 0 Å². The van der Waals surface area contributed by atoms with E-state index < -0.39 is 0 Å². The molecule has 19 heavy (non-hydrogen) atoms. The number of anilines is 1. The Kier molecular flexibility index (Phi) is 4.81. The lowest BCUT2D eigenvalue weighted by atomic mass is 10.1. The molecule has 5 heteroatoms. The van der Waals surface area contributed by atoms with Crippen LogP contribution in [0.3, 0.4) is 0 Å². The summed E-state index contributed by atoms with van der Waals surface area (Å²) < 4.78 is 2.65. The van der Waals surface area contributed by atoms with Crippen LogP contribution < -0.4 is 5.32 Å². The van der Waals surface area contributed by atoms with Crippen LogP contribution in [0.1, 0.15) is 15.9 Å². The maximum absolute atomic E-state index is 12.2. The molecule has 0 radical (unpaired) electrons. The van der Waals surface area contributed by atoms with Crippen molar-refractivity contribution in [2.45, 2.75) is 6.92 Å². The van der Waals surface area contributed by atoms with Crippen molar-refractivity contribution in [1.82, 2.24) is 0 Å². The van der Waals surface area contributed by atoms with Crippen molar-refractivity contribution >= 4 is 59.4 Å². The number of halogens is 3. The van der Waals surface area contributed by atoms with Crippen LogP contribution in [-0.2, 0) is 0 Å². The normalized spacial score (nSPS) is 10.3. The fraction of sp³-hybridized carbons (Fsp3) is 0.0714. The van der Waals surface area contributed by atoms with Gasteiger partial charge in [0.2, 0.25) is 0 Å². The highest BCUT2D eigenvalue weighted by atomic mass is 79.9. The molecule has 98 valence electrons. The smallest absolute Gasteiger partial charge is 0.255 e. The summed E-state index contributed by atoms with van der Waals surface area (Å²) >= 11 is 10.1. The monoisotopic (exact) mass is 445 g/mol. The second-order valence-electron chi connectivity index (χ2n) is 4.07. The van der Waals surface area contributed by atoms with E-state index in [1.54, 1.807) is 12.1 Å². The molecule has 0 fully saturated rings. The summed E-state index contributed by atoms with van der Waals surface area (Å²) in [6.45, 7) is 1.96. The van der Waals surface area contributed by atoms with Gasteiger partial charge in [0, 0.05) is 24.7 Å². The van der Waals surface area contributed by atoms with Crippen molar-refractivity contribution in [1.29, 1.82) is 0 Å². The SMILES string of the molecule is Cc1ccc(Br)cc1NC(=O)c1cc(Br)cc(Br)c1. The molecule has 0 bridgehead atoms. The topological polar surface area (TPSA) is 29.1 Å². The largest absolute Gasteiger partial charge is 0.322 e. The molecule has 0 aliphatic heterocycles. The van der Waals surface area contributed by atoms with E-state index in [-0.39, 0.29) is 5.91 Å². The second-order valence-corrected chi connectivity index (χ2v) is 6.82. The van der Waals surface area contributed by atoms with Crippen molar-refractivity contribution in [3.63, 3.8) is 0 Å². The standard InChI is InChI=1S/C14H10Br3NO/c1-8-2-3-10(15)7-13(8)18-14(19)9-4-11(16)6-12(17)5-9/h2-7H,1H3,(H,18,19). The molecule has 0 spiro atoms. The first-order valence-corrected chi connectivity index (χ1v) is 7.87. The zero-order valence-electron chi connectivity index (χ0n) is 10.0. The van der Waals surface area contributed by atoms with Gasteiger partial charge in [-0.1, -0.05) is 53.9 Å². The zero-order valence-corrected chi connectivity index (χ0v) is 14.8. The highest BCUT2D eigenvalue weighted by Crippen LogP contribution is 2.23. The van der Waals surface area contributed by atoms with Gasteiger partial charge in [0.25, 0.3) is 5.91 Å². The Balaban J connectivity index is 2.28. The average Bonchev–Trinajstić information content (AvgIpc) is 2.32. The Morgan fingerprint density at radius 2 is 1.58 bits per heavy atom. The third-order valence-corrected chi connectivity index (χ3v) is 3.98. The van der Waals surface area contributed by atoms with Crippen LogP contribution in [0.15, 0.2) is 49.8 Å². The lowest BCUT2D eigenvalue weighted by molar-refractivity contribution is 0.102. The highest BCUT2D eigenvalue weighted by Gasteiger charge is 2.09. The van der Waals surface area contributed by atoms with Crippen LogP contribution >= 0.6 is 47.8 Å². The van der Waals surface area contributed by atoms with Gasteiger partial charge in [-0.15, -0.1) is 0 Å². The Bertz CT molecular complexity index is 620. The van der Waals surface area contributed by atoms with E-state index in [9.17, 15) is 4.79 Å². The third-order valence-electron chi connectivity index (χ3n) is 2.57. The molecule has 2 rings (SSSR count). The molecule has 0 saturated heterocycles. The van der Waals surface area contributed by atoms with Gasteiger partial charge in [-0.3, -0.25) is 4.79 Å². The van der Waals surface area contributed by atoms with E-state index in [0.717, 1.165) is 24.7 Å². The summed E-state index contributed by atoms with van der Waals surface area (Å²) in [5.41, 5.74) is 2.42. The molecule has 0 heterocycles. The minimum Gasteiger partial charge on any atom is -0.322 e. The second kappa shape index (κ2) is 6.20. The van der Waals surface area contributed by atoms with Crippen molar-refractivity contribution in [3.05, 3.63) is 60.9 Å². The van der Waals surface area contributed by atoms with Crippen molar-refractivity contribution < 1.29 is 4.79 Å². The first-order chi connectivity index (χ1) is 8.95. The number of carbonyl (C=O) groups excluding carboxylic acids is 1. The van der Waals surface area contributed by atoms with E-state index >= 15 is 0 Å². The Morgan fingerprint density at radius 3 is 2.21 bits per heavy atom. The quantitative estimate of drug-likeness (QED) is 0.643. The van der Waals surface area contributed by atoms with Gasteiger partial charge in [0.1, 0.15) is 0 Å². The highest BCUT2D eigenvalue weighted by molar-refractivity contribution is 9.11. The van der Waals surface area contributed by atoms with E-state index in [1.807, 2.05) is 31.2 Å². The molecule has 0 saturated carbocycles. The zero-order chi connectivity index (χ0) is 14.0. The first-order valence-electron chi connectivity index (χ1n) is 5.49. The van der Waals surface area contributed by atoms with Gasteiger partial charge in [0.15, 0.2) is 0 Å². The molecule has 0 aliphatic rings. The Morgan fingerprint density at radius 1 is 0.947 bits per heavy atom. The van der Waals surface area contributed by atoms with Gasteiger partial charge in [0.05, 0.1) is 0 Å². The molecule has 2 aromatic carbocycles. The van der Waals surface area contributed by atoms with Gasteiger partial charge < -0.3 is 5.32 Å². The van der Waals surface area contributed by atoms with E-state index in [0.29, 0.717) is 5.56 Å². The van der Waals surface area contributed by atoms with E-state index in [1.165, 1.54) is 0 Å². The maximum Gasteiger partial charge on any atom is 0.255 e. The number of rotatable bonds is 2. The van der Waals surface area contributed by atoms with Crippen molar-refractivity contribution in [2.75, 3.05) is 5.32 Å². The molecule has 1 amide bonds. The molecule has 2 aromatic rings. The van der Waals surface area contributed by atoms with Gasteiger partial charge in [-0.05, 0) is 42.8 Å². The Hall–Kier alpha value is -0.650. The van der Waals surface area contributed by atoms with Crippen LogP contribution in [0.4, 0.5) is 5.69 Å². The lowest BCUT2D eigenvalue weighted by Gasteiger charge is -2.09. The average molecular weight is 448 g/mol. The van der Waals surface area contributed by atoms with Crippen molar-refractivity contribution in [3.8, 4) is 0 Å². The summed E-state index contributed by atoms with van der Waals surface area (Å²) in [5, 5.41) is 2.91. The van der Waals surface area contributed by atoms with Crippen LogP contribution in [0.2, 0.25) is 0 Å². The fourth-order valence-corrected chi connectivity index (χ4v) is 3.26. The molecule has 2 nitrogen and oxygen atoms in total. The van der Waals surface area contributed by atoms with Gasteiger partial charge in [-0.2, -0.15) is 0 Å². The lowest BCUT2D eigenvalue weighted by Crippen LogP contribution is -2.12. The molecular formula is C14H10Br3NO. The number of amides is 1. The summed E-state index contributed by atoms with van der Waals surface area (Å²) in [5.74, 6) is -0.136. The summed E-state index contributed by atoms with van der Waals surface area (Å²) in [6, 6.07) is 11.2. The van der Waals surface area contributed by atoms with Crippen LogP contribution in [0.25, 0.3) is 0 Å². The molecule has 0 aliphatic carbocycles. The predicted octanol–water partition coefficient (Wildman–Crippen LogP) is 5.53. The molecule has 0 atom stereocenters. The number of aryl methyl sites for hydroxylation is 1. The number of hydrogen-bond acceptors (Lipinski definition) is 1. The number of carbonyl (C=O) groups is 1. The number of nitrogens with one attached hydrogen (secondary N) is 1. The number of benzene rings is 2. The third kappa shape index (κ3) is 3.91. The number of hydrogen-bond donors (Lipinski definition) is 1. The minimum atomic E-state index is -0.136. The van der Waals surface area contributed by atoms with Crippen molar-refractivity contribution in [2.24, 2.45) is 0 Å². The fourth-order valence-electron chi connectivity index (χ4n) is 1.61. The Labute approximate surface area is 137 Å². The molecule has 1 N–H and O–H groups in total. The van der Waals surface area contributed by atoms with Crippen LogP contribution in [-0.4, -0.2) is 5.91 Å². The summed E-state index contributed by atoms with van der Waals surface area (Å²) in [7, 11) is 0. The molecule has 0 aromatic heterocycles. The summed E-state index contributed by atoms with van der Waals surface area (Å²) in [4.78, 5) is 12.2. The molecule has 0 unspecified atom stereocenters. The predicted molar refractivity (Wildman–Crippen MR) is 88.7 cm³/mol. The van der Waals surface area contributed by atoms with Gasteiger partial charge in [-0.25, -0.2) is 0 Å². The van der Waals surface area contributed by atoms with Crippen LogP contribution in [0, 0.1) is 6.92 Å².